The Bertz CT molecular complexity index is 928. The summed E-state index contributed by atoms with van der Waals surface area (Å²) in [5.74, 6) is 1.91. The maximum absolute atomic E-state index is 6.12. The Balaban J connectivity index is 1.35. The Morgan fingerprint density at radius 1 is 0.633 bits per heavy atom. The minimum Gasteiger partial charge on any atom is -0.478 e. The number of benzene rings is 3. The van der Waals surface area contributed by atoms with Gasteiger partial charge in [0.25, 0.3) is 0 Å². The van der Waals surface area contributed by atoms with Crippen molar-refractivity contribution < 1.29 is 9.47 Å². The summed E-state index contributed by atoms with van der Waals surface area (Å²) in [6, 6.07) is 26.2. The van der Waals surface area contributed by atoms with Gasteiger partial charge in [-0.05, 0) is 31.0 Å². The zero-order chi connectivity index (χ0) is 20.5. The zero-order valence-corrected chi connectivity index (χ0v) is 17.6. The van der Waals surface area contributed by atoms with Gasteiger partial charge in [0, 0.05) is 42.4 Å². The van der Waals surface area contributed by atoms with Gasteiger partial charge in [0.2, 0.25) is 0 Å². The van der Waals surface area contributed by atoms with Gasteiger partial charge in [0.05, 0.1) is 0 Å². The highest BCUT2D eigenvalue weighted by atomic mass is 16.5. The molecule has 0 radical (unpaired) electrons. The van der Waals surface area contributed by atoms with Crippen LogP contribution in [0.3, 0.4) is 0 Å². The molecule has 0 amide bonds. The Hall–Kier alpha value is -2.82. The number of rotatable bonds is 4. The number of hydrogen-bond acceptors (Lipinski definition) is 4. The quantitative estimate of drug-likeness (QED) is 0.576. The van der Waals surface area contributed by atoms with Crippen LogP contribution in [-0.4, -0.2) is 23.3 Å². The van der Waals surface area contributed by atoms with Gasteiger partial charge in [0.15, 0.2) is 0 Å². The van der Waals surface area contributed by atoms with Gasteiger partial charge < -0.3 is 9.47 Å². The zero-order valence-electron chi connectivity index (χ0n) is 17.6. The van der Waals surface area contributed by atoms with E-state index in [2.05, 4.69) is 96.4 Å². The Kier molecular flexibility index (Phi) is 5.19. The first kappa shape index (κ1) is 19.2. The lowest BCUT2D eigenvalue weighted by Gasteiger charge is -2.37. The van der Waals surface area contributed by atoms with E-state index in [4.69, 9.17) is 9.47 Å². The highest BCUT2D eigenvalue weighted by Crippen LogP contribution is 2.38. The van der Waals surface area contributed by atoms with E-state index >= 15 is 0 Å². The molecular weight excluding hydrogens is 372 g/mol. The second kappa shape index (κ2) is 8.13. The van der Waals surface area contributed by atoms with Crippen LogP contribution in [0, 0.1) is 0 Å². The van der Waals surface area contributed by atoms with Crippen molar-refractivity contribution >= 4 is 0 Å². The number of fused-ring (bicyclic) bond motifs is 2. The first-order chi connectivity index (χ1) is 14.7. The van der Waals surface area contributed by atoms with Crippen LogP contribution >= 0.6 is 0 Å². The maximum atomic E-state index is 6.12. The van der Waals surface area contributed by atoms with Crippen molar-refractivity contribution in [1.82, 2.24) is 9.80 Å². The first-order valence-electron chi connectivity index (χ1n) is 10.7. The summed E-state index contributed by atoms with van der Waals surface area (Å²) < 4.78 is 12.2. The van der Waals surface area contributed by atoms with E-state index in [1.54, 1.807) is 0 Å². The van der Waals surface area contributed by atoms with Crippen molar-refractivity contribution in [2.75, 3.05) is 13.5 Å². The molecule has 4 nitrogen and oxygen atoms in total. The first-order valence-corrected chi connectivity index (χ1v) is 10.7. The highest BCUT2D eigenvalue weighted by molar-refractivity contribution is 5.48. The third kappa shape index (κ3) is 3.69. The Labute approximate surface area is 178 Å². The molecule has 5 rings (SSSR count). The van der Waals surface area contributed by atoms with Gasteiger partial charge in [-0.3, -0.25) is 9.80 Å². The standard InChI is InChI=1S/C26H28N2O2/c1-19(21-9-5-3-6-10-21)27-15-23-13-24-16-28(20(2)22-11-7-4-8-12-22)18-30-26(24)14-25(23)29-17-27/h3-14,19-20H,15-18H2,1-2H3/t19-,20+. The molecule has 30 heavy (non-hydrogen) atoms. The summed E-state index contributed by atoms with van der Waals surface area (Å²) in [5, 5.41) is 0. The van der Waals surface area contributed by atoms with Gasteiger partial charge in [0.1, 0.15) is 25.0 Å². The highest BCUT2D eigenvalue weighted by Gasteiger charge is 2.28. The molecule has 2 aliphatic heterocycles. The van der Waals surface area contributed by atoms with E-state index in [1.165, 1.54) is 22.3 Å². The van der Waals surface area contributed by atoms with E-state index in [0.29, 0.717) is 25.5 Å². The van der Waals surface area contributed by atoms with Crippen molar-refractivity contribution in [1.29, 1.82) is 0 Å². The molecule has 0 spiro atoms. The third-order valence-corrected chi connectivity index (χ3v) is 6.42. The SMILES string of the molecule is C[C@H](c1ccccc1)N1COc2cc3c(cc2C1)CN([C@@H](C)c1ccccc1)CO3. The summed E-state index contributed by atoms with van der Waals surface area (Å²) in [6.45, 7) is 7.45. The van der Waals surface area contributed by atoms with Crippen LogP contribution in [0.15, 0.2) is 72.8 Å². The minimum absolute atomic E-state index is 0.307. The average Bonchev–Trinajstić information content (AvgIpc) is 2.82. The lowest BCUT2D eigenvalue weighted by Crippen LogP contribution is -2.36. The van der Waals surface area contributed by atoms with Crippen LogP contribution in [0.1, 0.15) is 48.2 Å². The molecule has 2 aliphatic rings. The topological polar surface area (TPSA) is 24.9 Å². The van der Waals surface area contributed by atoms with E-state index in [0.717, 1.165) is 24.6 Å². The minimum atomic E-state index is 0.307. The van der Waals surface area contributed by atoms with Crippen molar-refractivity contribution in [3.8, 4) is 11.5 Å². The largest absolute Gasteiger partial charge is 0.478 e. The molecule has 0 fully saturated rings. The van der Waals surface area contributed by atoms with Crippen molar-refractivity contribution in [2.45, 2.75) is 39.0 Å². The van der Waals surface area contributed by atoms with Gasteiger partial charge in [-0.2, -0.15) is 0 Å². The van der Waals surface area contributed by atoms with E-state index in [9.17, 15) is 0 Å². The van der Waals surface area contributed by atoms with Crippen LogP contribution in [-0.2, 0) is 13.1 Å². The van der Waals surface area contributed by atoms with Crippen LogP contribution < -0.4 is 9.47 Å². The van der Waals surface area contributed by atoms with Crippen molar-refractivity contribution in [3.63, 3.8) is 0 Å². The molecule has 2 heterocycles. The molecular formula is C26H28N2O2. The van der Waals surface area contributed by atoms with E-state index in [1.807, 2.05) is 0 Å². The number of nitrogens with zero attached hydrogens (tertiary/aromatic N) is 2. The van der Waals surface area contributed by atoms with Gasteiger partial charge in [-0.25, -0.2) is 0 Å². The summed E-state index contributed by atoms with van der Waals surface area (Å²) >= 11 is 0. The molecule has 0 saturated carbocycles. The third-order valence-electron chi connectivity index (χ3n) is 6.42. The number of ether oxygens (including phenoxy) is 2. The molecule has 4 heteroatoms. The van der Waals surface area contributed by atoms with Crippen LogP contribution in [0.4, 0.5) is 0 Å². The van der Waals surface area contributed by atoms with Crippen molar-refractivity contribution in [2.24, 2.45) is 0 Å². The lowest BCUT2D eigenvalue weighted by atomic mass is 10.0. The van der Waals surface area contributed by atoms with Gasteiger partial charge in [-0.1, -0.05) is 60.7 Å². The molecule has 0 unspecified atom stereocenters. The predicted molar refractivity (Wildman–Crippen MR) is 118 cm³/mol. The predicted octanol–water partition coefficient (Wildman–Crippen LogP) is 5.51. The fourth-order valence-corrected chi connectivity index (χ4v) is 4.39. The van der Waals surface area contributed by atoms with Crippen LogP contribution in [0.5, 0.6) is 11.5 Å². The molecule has 154 valence electrons. The molecule has 0 saturated heterocycles. The monoisotopic (exact) mass is 400 g/mol. The maximum Gasteiger partial charge on any atom is 0.142 e. The summed E-state index contributed by atoms with van der Waals surface area (Å²) in [6.07, 6.45) is 0. The molecule has 0 bridgehead atoms. The molecule has 0 aromatic heterocycles. The van der Waals surface area contributed by atoms with Gasteiger partial charge in [-0.15, -0.1) is 0 Å². The van der Waals surface area contributed by atoms with E-state index in [-0.39, 0.29) is 0 Å². The van der Waals surface area contributed by atoms with E-state index < -0.39 is 0 Å². The molecule has 0 aliphatic carbocycles. The average molecular weight is 401 g/mol. The smallest absolute Gasteiger partial charge is 0.142 e. The normalized spacial score (nSPS) is 18.5. The second-order valence-corrected chi connectivity index (χ2v) is 8.28. The Morgan fingerprint density at radius 2 is 1.07 bits per heavy atom. The molecule has 3 aromatic rings. The summed E-state index contributed by atoms with van der Waals surface area (Å²) in [4.78, 5) is 4.75. The fourth-order valence-electron chi connectivity index (χ4n) is 4.39. The fraction of sp³-hybridized carbons (Fsp3) is 0.308. The van der Waals surface area contributed by atoms with Crippen molar-refractivity contribution in [3.05, 3.63) is 95.1 Å². The van der Waals surface area contributed by atoms with Gasteiger partial charge >= 0.3 is 0 Å². The summed E-state index contributed by atoms with van der Waals surface area (Å²) in [7, 11) is 0. The lowest BCUT2D eigenvalue weighted by molar-refractivity contribution is 0.0524. The second-order valence-electron chi connectivity index (χ2n) is 8.28. The molecule has 2 atom stereocenters. The number of hydrogen-bond donors (Lipinski definition) is 0. The molecule has 0 N–H and O–H groups in total. The molecule has 3 aromatic carbocycles. The Morgan fingerprint density at radius 3 is 1.50 bits per heavy atom. The van der Waals surface area contributed by atoms with Crippen LogP contribution in [0.2, 0.25) is 0 Å². The van der Waals surface area contributed by atoms with Crippen LogP contribution in [0.25, 0.3) is 0 Å². The summed E-state index contributed by atoms with van der Waals surface area (Å²) in [5.41, 5.74) is 5.10.